The van der Waals surface area contributed by atoms with Gasteiger partial charge in [-0.1, -0.05) is 43.7 Å². The van der Waals surface area contributed by atoms with Crippen LogP contribution >= 0.6 is 0 Å². The molecule has 6 heteroatoms. The van der Waals surface area contributed by atoms with Crippen molar-refractivity contribution >= 4 is 22.4 Å². The van der Waals surface area contributed by atoms with Crippen LogP contribution in [0, 0.1) is 17.5 Å². The summed E-state index contributed by atoms with van der Waals surface area (Å²) >= 11 is 0. The van der Waals surface area contributed by atoms with E-state index in [9.17, 15) is 22.0 Å². The summed E-state index contributed by atoms with van der Waals surface area (Å²) in [5.41, 5.74) is -0.0539. The maximum atomic E-state index is 14.7. The van der Waals surface area contributed by atoms with Gasteiger partial charge in [0.25, 0.3) is 0 Å². The van der Waals surface area contributed by atoms with Gasteiger partial charge in [0.1, 0.15) is 0 Å². The number of hydrogen-bond donors (Lipinski definition) is 0. The first kappa shape index (κ1) is 20.8. The number of fused-ring (bicyclic) bond motifs is 1. The van der Waals surface area contributed by atoms with Crippen LogP contribution in [0.1, 0.15) is 37.0 Å². The molecule has 0 saturated carbocycles. The Kier molecular flexibility index (Phi) is 6.20. The molecule has 0 N–H and O–H groups in total. The number of benzene rings is 3. The standard InChI is InChI=1S/C23H19F5O/c1-3-5-13-6-8-14(9-7-13)19(24)20(25)16-12-15-10-11-17(29-4-2)22(27)18(15)23(28)21(16)26/h6-12H,3-5H2,1-2H3. The number of halogens is 5. The molecular weight excluding hydrogens is 387 g/mol. The van der Waals surface area contributed by atoms with Gasteiger partial charge in [-0.15, -0.1) is 0 Å². The van der Waals surface area contributed by atoms with Crippen LogP contribution in [0.5, 0.6) is 5.75 Å². The van der Waals surface area contributed by atoms with E-state index in [1.165, 1.54) is 24.3 Å². The van der Waals surface area contributed by atoms with Crippen LogP contribution in [-0.2, 0) is 6.42 Å². The molecule has 152 valence electrons. The predicted molar refractivity (Wildman–Crippen MR) is 104 cm³/mol. The summed E-state index contributed by atoms with van der Waals surface area (Å²) in [4.78, 5) is 0. The quantitative estimate of drug-likeness (QED) is 0.307. The normalized spacial score (nSPS) is 12.2. The third-order valence-electron chi connectivity index (χ3n) is 4.56. The van der Waals surface area contributed by atoms with E-state index in [-0.39, 0.29) is 23.3 Å². The Morgan fingerprint density at radius 3 is 2.14 bits per heavy atom. The largest absolute Gasteiger partial charge is 0.491 e. The zero-order chi connectivity index (χ0) is 21.1. The van der Waals surface area contributed by atoms with Crippen LogP contribution in [0.3, 0.4) is 0 Å². The number of rotatable bonds is 6. The van der Waals surface area contributed by atoms with Crippen molar-refractivity contribution in [3.8, 4) is 5.75 Å². The van der Waals surface area contributed by atoms with Gasteiger partial charge in [-0.05, 0) is 36.4 Å². The molecule has 0 fully saturated rings. The van der Waals surface area contributed by atoms with Gasteiger partial charge in [-0.25, -0.2) is 22.0 Å². The Hall–Kier alpha value is -2.89. The van der Waals surface area contributed by atoms with E-state index in [2.05, 4.69) is 0 Å². The Bertz CT molecular complexity index is 1070. The van der Waals surface area contributed by atoms with E-state index < -0.39 is 40.1 Å². The highest BCUT2D eigenvalue weighted by Gasteiger charge is 2.23. The molecular formula is C23H19F5O. The Morgan fingerprint density at radius 2 is 1.52 bits per heavy atom. The predicted octanol–water partition coefficient (Wildman–Crippen LogP) is 7.37. The van der Waals surface area contributed by atoms with E-state index in [4.69, 9.17) is 4.74 Å². The second kappa shape index (κ2) is 8.64. The van der Waals surface area contributed by atoms with Crippen molar-refractivity contribution in [3.63, 3.8) is 0 Å². The van der Waals surface area contributed by atoms with Crippen LogP contribution < -0.4 is 4.74 Å². The highest BCUT2D eigenvalue weighted by atomic mass is 19.2. The van der Waals surface area contributed by atoms with Gasteiger partial charge >= 0.3 is 0 Å². The van der Waals surface area contributed by atoms with Crippen molar-refractivity contribution in [2.45, 2.75) is 26.7 Å². The van der Waals surface area contributed by atoms with E-state index in [0.29, 0.717) is 0 Å². The van der Waals surface area contributed by atoms with Crippen molar-refractivity contribution in [2.24, 2.45) is 0 Å². The monoisotopic (exact) mass is 406 g/mol. The average molecular weight is 406 g/mol. The fourth-order valence-electron chi connectivity index (χ4n) is 3.14. The van der Waals surface area contributed by atoms with Crippen LogP contribution in [0.2, 0.25) is 0 Å². The molecule has 0 atom stereocenters. The lowest BCUT2D eigenvalue weighted by Crippen LogP contribution is -2.00. The van der Waals surface area contributed by atoms with E-state index in [1.54, 1.807) is 19.1 Å². The summed E-state index contributed by atoms with van der Waals surface area (Å²) in [6, 6.07) is 9.42. The molecule has 29 heavy (non-hydrogen) atoms. The highest BCUT2D eigenvalue weighted by molar-refractivity contribution is 5.91. The lowest BCUT2D eigenvalue weighted by molar-refractivity contribution is 0.322. The fourth-order valence-corrected chi connectivity index (χ4v) is 3.14. The molecule has 0 bridgehead atoms. The van der Waals surface area contributed by atoms with E-state index >= 15 is 0 Å². The van der Waals surface area contributed by atoms with E-state index in [0.717, 1.165) is 24.5 Å². The van der Waals surface area contributed by atoms with Gasteiger partial charge in [0.05, 0.1) is 17.6 Å². The van der Waals surface area contributed by atoms with Gasteiger partial charge in [-0.3, -0.25) is 0 Å². The molecule has 0 aliphatic rings. The lowest BCUT2D eigenvalue weighted by Gasteiger charge is -2.11. The zero-order valence-electron chi connectivity index (χ0n) is 16.0. The van der Waals surface area contributed by atoms with Gasteiger partial charge in [-0.2, -0.15) is 0 Å². The molecule has 3 aromatic rings. The average Bonchev–Trinajstić information content (AvgIpc) is 2.72. The molecule has 0 aliphatic carbocycles. The Balaban J connectivity index is 2.12. The second-order valence-electron chi connectivity index (χ2n) is 6.54. The third-order valence-corrected chi connectivity index (χ3v) is 4.56. The highest BCUT2D eigenvalue weighted by Crippen LogP contribution is 2.36. The molecule has 0 amide bonds. The second-order valence-corrected chi connectivity index (χ2v) is 6.54. The van der Waals surface area contributed by atoms with E-state index in [1.807, 2.05) is 6.92 Å². The maximum absolute atomic E-state index is 14.7. The molecule has 3 rings (SSSR count). The summed E-state index contributed by atoms with van der Waals surface area (Å²) in [6.45, 7) is 3.73. The summed E-state index contributed by atoms with van der Waals surface area (Å²) < 4.78 is 77.8. The van der Waals surface area contributed by atoms with Gasteiger partial charge < -0.3 is 4.74 Å². The first-order chi connectivity index (χ1) is 13.9. The van der Waals surface area contributed by atoms with Crippen LogP contribution in [-0.4, -0.2) is 6.61 Å². The maximum Gasteiger partial charge on any atom is 0.175 e. The lowest BCUT2D eigenvalue weighted by atomic mass is 10.0. The van der Waals surface area contributed by atoms with Gasteiger partial charge in [0, 0.05) is 5.56 Å². The minimum Gasteiger partial charge on any atom is -0.491 e. The minimum absolute atomic E-state index is 0.0971. The number of aryl methyl sites for hydroxylation is 1. The Morgan fingerprint density at radius 1 is 0.828 bits per heavy atom. The van der Waals surface area contributed by atoms with Crippen LogP contribution in [0.15, 0.2) is 42.5 Å². The SMILES string of the molecule is CCCc1ccc(C(F)=C(F)c2cc3ccc(OCC)c(F)c3c(F)c2F)cc1. The summed E-state index contributed by atoms with van der Waals surface area (Å²) in [6.07, 6.45) is 1.68. The van der Waals surface area contributed by atoms with Crippen molar-refractivity contribution in [1.82, 2.24) is 0 Å². The first-order valence-corrected chi connectivity index (χ1v) is 9.26. The number of hydrogen-bond acceptors (Lipinski definition) is 1. The summed E-state index contributed by atoms with van der Waals surface area (Å²) in [5, 5.41) is -0.782. The molecule has 0 radical (unpaired) electrons. The van der Waals surface area contributed by atoms with Gasteiger partial charge in [0.15, 0.2) is 34.9 Å². The Labute approximate surface area is 165 Å². The van der Waals surface area contributed by atoms with Gasteiger partial charge in [0.2, 0.25) is 0 Å². The molecule has 0 heterocycles. The fraction of sp³-hybridized carbons (Fsp3) is 0.217. The third kappa shape index (κ3) is 3.97. The smallest absolute Gasteiger partial charge is 0.175 e. The van der Waals surface area contributed by atoms with Crippen LogP contribution in [0.25, 0.3) is 22.4 Å². The molecule has 1 nitrogen and oxygen atoms in total. The number of ether oxygens (including phenoxy) is 1. The molecule has 0 aromatic heterocycles. The molecule has 0 unspecified atom stereocenters. The molecule has 0 aliphatic heterocycles. The molecule has 3 aromatic carbocycles. The van der Waals surface area contributed by atoms with Crippen molar-refractivity contribution in [3.05, 3.63) is 76.6 Å². The zero-order valence-corrected chi connectivity index (χ0v) is 16.0. The topological polar surface area (TPSA) is 9.23 Å². The summed E-state index contributed by atoms with van der Waals surface area (Å²) in [5.74, 6) is -7.49. The van der Waals surface area contributed by atoms with Crippen molar-refractivity contribution in [1.29, 1.82) is 0 Å². The van der Waals surface area contributed by atoms with Crippen molar-refractivity contribution in [2.75, 3.05) is 6.61 Å². The minimum atomic E-state index is -1.67. The summed E-state index contributed by atoms with van der Waals surface area (Å²) in [7, 11) is 0. The first-order valence-electron chi connectivity index (χ1n) is 9.26. The molecule has 0 saturated heterocycles. The van der Waals surface area contributed by atoms with Crippen molar-refractivity contribution < 1.29 is 26.7 Å². The molecule has 0 spiro atoms. The van der Waals surface area contributed by atoms with Crippen LogP contribution in [0.4, 0.5) is 22.0 Å².